The molecule has 2 N–H and O–H groups in total. The topological polar surface area (TPSA) is 85.0 Å². The quantitative estimate of drug-likeness (QED) is 0.631. The first-order valence-corrected chi connectivity index (χ1v) is 13.7. The summed E-state index contributed by atoms with van der Waals surface area (Å²) in [4.78, 5) is 45.0. The highest BCUT2D eigenvalue weighted by Gasteiger charge is 2.27. The largest absolute Gasteiger partial charge is 0.366 e. The van der Waals surface area contributed by atoms with Crippen LogP contribution in [0.3, 0.4) is 0 Å². The Balaban J connectivity index is 1.33. The molecule has 2 aliphatic heterocycles. The monoisotopic (exact) mass is 521 g/mol. The number of rotatable bonds is 5. The van der Waals surface area contributed by atoms with Crippen molar-refractivity contribution in [3.8, 4) is 0 Å². The minimum atomic E-state index is -0.428. The summed E-state index contributed by atoms with van der Waals surface area (Å²) < 4.78 is 13.6. The summed E-state index contributed by atoms with van der Waals surface area (Å²) in [6.07, 6.45) is 5.08. The molecule has 38 heavy (non-hydrogen) atoms. The molecular formula is C29H36FN5O3. The zero-order valence-electron chi connectivity index (χ0n) is 21.8. The summed E-state index contributed by atoms with van der Waals surface area (Å²) in [7, 11) is 0. The Morgan fingerprint density at radius 2 is 1.45 bits per heavy atom. The maximum Gasteiger partial charge on any atom is 0.254 e. The van der Waals surface area contributed by atoms with Gasteiger partial charge in [0.05, 0.1) is 11.4 Å². The van der Waals surface area contributed by atoms with Gasteiger partial charge in [0.25, 0.3) is 11.8 Å². The van der Waals surface area contributed by atoms with Gasteiger partial charge in [-0.15, -0.1) is 0 Å². The van der Waals surface area contributed by atoms with Crippen LogP contribution in [0.25, 0.3) is 0 Å². The number of halogens is 1. The molecule has 0 radical (unpaired) electrons. The molecule has 2 aromatic carbocycles. The van der Waals surface area contributed by atoms with Gasteiger partial charge in [0.1, 0.15) is 5.82 Å². The molecule has 2 heterocycles. The first kappa shape index (κ1) is 26.2. The van der Waals surface area contributed by atoms with Crippen LogP contribution >= 0.6 is 0 Å². The molecule has 1 aliphatic carbocycles. The van der Waals surface area contributed by atoms with E-state index in [0.717, 1.165) is 44.5 Å². The van der Waals surface area contributed by atoms with Crippen molar-refractivity contribution in [3.63, 3.8) is 0 Å². The van der Waals surface area contributed by atoms with Crippen LogP contribution in [0.5, 0.6) is 0 Å². The summed E-state index contributed by atoms with van der Waals surface area (Å²) in [5.74, 6) is -0.644. The maximum atomic E-state index is 13.6. The van der Waals surface area contributed by atoms with Crippen LogP contribution in [-0.2, 0) is 4.79 Å². The molecule has 9 heteroatoms. The Morgan fingerprint density at radius 3 is 2.13 bits per heavy atom. The Hall–Kier alpha value is -3.46. The lowest BCUT2D eigenvalue weighted by Crippen LogP contribution is -2.49. The van der Waals surface area contributed by atoms with Crippen molar-refractivity contribution in [3.05, 3.63) is 59.4 Å². The highest BCUT2D eigenvalue weighted by atomic mass is 19.1. The van der Waals surface area contributed by atoms with Gasteiger partial charge in [-0.1, -0.05) is 25.3 Å². The zero-order chi connectivity index (χ0) is 26.5. The Morgan fingerprint density at radius 1 is 0.789 bits per heavy atom. The van der Waals surface area contributed by atoms with E-state index in [0.29, 0.717) is 56.1 Å². The van der Waals surface area contributed by atoms with Crippen molar-refractivity contribution in [1.29, 1.82) is 0 Å². The van der Waals surface area contributed by atoms with Gasteiger partial charge in [0.2, 0.25) is 5.91 Å². The minimum Gasteiger partial charge on any atom is -0.366 e. The van der Waals surface area contributed by atoms with Crippen LogP contribution in [0.2, 0.25) is 0 Å². The average Bonchev–Trinajstić information content (AvgIpc) is 2.97. The van der Waals surface area contributed by atoms with Gasteiger partial charge in [-0.3, -0.25) is 14.4 Å². The standard InChI is InChI=1S/C29H36FN5O3/c30-24-8-4-7-22(19-24)28(37)35-17-15-33(16-18-35)26-10-9-23(29(38)34-13-11-31-12-14-34)20-25(26)32-27(36)21-5-2-1-3-6-21/h4,7-10,19-21,31H,1-3,5-6,11-18H2,(H,32,36). The van der Waals surface area contributed by atoms with Gasteiger partial charge in [0, 0.05) is 69.4 Å². The number of anilines is 2. The van der Waals surface area contributed by atoms with Gasteiger partial charge in [-0.25, -0.2) is 4.39 Å². The van der Waals surface area contributed by atoms with Crippen molar-refractivity contribution >= 4 is 29.1 Å². The van der Waals surface area contributed by atoms with Crippen LogP contribution in [0.1, 0.15) is 52.8 Å². The van der Waals surface area contributed by atoms with Crippen LogP contribution < -0.4 is 15.5 Å². The fourth-order valence-corrected chi connectivity index (χ4v) is 5.65. The molecular weight excluding hydrogens is 485 g/mol. The number of benzene rings is 2. The van der Waals surface area contributed by atoms with Crippen molar-refractivity contribution < 1.29 is 18.8 Å². The van der Waals surface area contributed by atoms with E-state index in [9.17, 15) is 18.8 Å². The number of carbonyl (C=O) groups is 3. The number of nitrogens with one attached hydrogen (secondary N) is 2. The number of piperazine rings is 2. The number of hydrogen-bond donors (Lipinski definition) is 2. The smallest absolute Gasteiger partial charge is 0.254 e. The van der Waals surface area contributed by atoms with Crippen molar-refractivity contribution in [2.75, 3.05) is 62.6 Å². The summed E-state index contributed by atoms with van der Waals surface area (Å²) >= 11 is 0. The molecule has 2 aromatic rings. The third-order valence-electron chi connectivity index (χ3n) is 7.86. The van der Waals surface area contributed by atoms with Crippen LogP contribution in [0.4, 0.5) is 15.8 Å². The lowest BCUT2D eigenvalue weighted by Gasteiger charge is -2.37. The molecule has 0 atom stereocenters. The summed E-state index contributed by atoms with van der Waals surface area (Å²) in [5, 5.41) is 6.42. The van der Waals surface area contributed by atoms with Gasteiger partial charge in [-0.2, -0.15) is 0 Å². The van der Waals surface area contributed by atoms with Gasteiger partial charge >= 0.3 is 0 Å². The SMILES string of the molecule is O=C(Nc1cc(C(=O)N2CCNCC2)ccc1N1CCN(C(=O)c2cccc(F)c2)CC1)C1CCCCC1. The van der Waals surface area contributed by atoms with E-state index in [1.54, 1.807) is 17.0 Å². The molecule has 0 unspecified atom stereocenters. The van der Waals surface area contributed by atoms with E-state index in [1.165, 1.54) is 18.6 Å². The molecule has 0 spiro atoms. The molecule has 3 fully saturated rings. The Bertz CT molecular complexity index is 1170. The molecule has 2 saturated heterocycles. The second-order valence-electron chi connectivity index (χ2n) is 10.4. The zero-order valence-corrected chi connectivity index (χ0v) is 21.8. The molecule has 8 nitrogen and oxygen atoms in total. The number of nitrogens with zero attached hydrogens (tertiary/aromatic N) is 3. The first-order valence-electron chi connectivity index (χ1n) is 13.7. The van der Waals surface area contributed by atoms with E-state index in [1.807, 2.05) is 23.1 Å². The lowest BCUT2D eigenvalue weighted by atomic mass is 9.88. The van der Waals surface area contributed by atoms with E-state index in [2.05, 4.69) is 15.5 Å². The Labute approximate surface area is 223 Å². The third kappa shape index (κ3) is 5.99. The molecule has 5 rings (SSSR count). The summed E-state index contributed by atoms with van der Waals surface area (Å²) in [5.41, 5.74) is 2.40. The first-order chi connectivity index (χ1) is 18.5. The van der Waals surface area contributed by atoms with E-state index >= 15 is 0 Å². The van der Waals surface area contributed by atoms with Gasteiger partial charge in [-0.05, 0) is 49.2 Å². The lowest BCUT2D eigenvalue weighted by molar-refractivity contribution is -0.120. The predicted molar refractivity (Wildman–Crippen MR) is 145 cm³/mol. The van der Waals surface area contributed by atoms with Crippen molar-refractivity contribution in [1.82, 2.24) is 15.1 Å². The maximum absolute atomic E-state index is 13.6. The number of carbonyl (C=O) groups excluding carboxylic acids is 3. The molecule has 3 amide bonds. The molecule has 0 bridgehead atoms. The predicted octanol–water partition coefficient (Wildman–Crippen LogP) is 3.35. The number of hydrogen-bond acceptors (Lipinski definition) is 5. The van der Waals surface area contributed by atoms with Crippen molar-refractivity contribution in [2.24, 2.45) is 5.92 Å². The van der Waals surface area contributed by atoms with Crippen molar-refractivity contribution in [2.45, 2.75) is 32.1 Å². The van der Waals surface area contributed by atoms with Gasteiger partial charge in [0.15, 0.2) is 0 Å². The fourth-order valence-electron chi connectivity index (χ4n) is 5.65. The summed E-state index contributed by atoms with van der Waals surface area (Å²) in [6, 6.07) is 11.3. The second-order valence-corrected chi connectivity index (χ2v) is 10.4. The van der Waals surface area contributed by atoms with E-state index in [-0.39, 0.29) is 23.6 Å². The number of amides is 3. The minimum absolute atomic E-state index is 0.00939. The van der Waals surface area contributed by atoms with Crippen LogP contribution in [0.15, 0.2) is 42.5 Å². The second kappa shape index (κ2) is 11.9. The highest BCUT2D eigenvalue weighted by molar-refractivity contribution is 6.01. The molecule has 3 aliphatic rings. The highest BCUT2D eigenvalue weighted by Crippen LogP contribution is 2.31. The average molecular weight is 522 g/mol. The van der Waals surface area contributed by atoms with E-state index in [4.69, 9.17) is 0 Å². The molecule has 0 aromatic heterocycles. The third-order valence-corrected chi connectivity index (χ3v) is 7.86. The van der Waals surface area contributed by atoms with Gasteiger partial charge < -0.3 is 25.3 Å². The Kier molecular flexibility index (Phi) is 8.22. The normalized spacial score (nSPS) is 18.8. The molecule has 1 saturated carbocycles. The van der Waals surface area contributed by atoms with Crippen LogP contribution in [-0.4, -0.2) is 79.9 Å². The summed E-state index contributed by atoms with van der Waals surface area (Å²) in [6.45, 7) is 4.95. The fraction of sp³-hybridized carbons (Fsp3) is 0.483. The van der Waals surface area contributed by atoms with Crippen LogP contribution in [0, 0.1) is 11.7 Å². The van der Waals surface area contributed by atoms with E-state index < -0.39 is 5.82 Å². The molecule has 202 valence electrons.